The van der Waals surface area contributed by atoms with E-state index in [1.54, 1.807) is 30.3 Å². The van der Waals surface area contributed by atoms with E-state index < -0.39 is 30.1 Å². The third-order valence-electron chi connectivity index (χ3n) is 5.08. The summed E-state index contributed by atoms with van der Waals surface area (Å²) in [5, 5.41) is 12.9. The van der Waals surface area contributed by atoms with E-state index >= 15 is 0 Å². The second-order valence-corrected chi connectivity index (χ2v) is 8.64. The predicted octanol–water partition coefficient (Wildman–Crippen LogP) is 3.93. The van der Waals surface area contributed by atoms with Gasteiger partial charge in [0.05, 0.1) is 11.6 Å². The van der Waals surface area contributed by atoms with E-state index in [9.17, 15) is 19.6 Å². The Morgan fingerprint density at radius 2 is 1.82 bits per heavy atom. The van der Waals surface area contributed by atoms with Crippen LogP contribution in [0.1, 0.15) is 50.3 Å². The highest BCUT2D eigenvalue weighted by Gasteiger charge is 2.34. The van der Waals surface area contributed by atoms with Gasteiger partial charge in [-0.25, -0.2) is 4.79 Å². The maximum absolute atomic E-state index is 12.9. The molecule has 0 unspecified atom stereocenters. The van der Waals surface area contributed by atoms with Crippen LogP contribution in [0.2, 0.25) is 5.02 Å². The number of nitriles is 1. The van der Waals surface area contributed by atoms with Crippen LogP contribution in [0.15, 0.2) is 48.5 Å². The van der Waals surface area contributed by atoms with Gasteiger partial charge in [0, 0.05) is 23.9 Å². The molecule has 0 aromatic heterocycles. The Labute approximate surface area is 198 Å². The highest BCUT2D eigenvalue weighted by atomic mass is 35.5. The number of ether oxygens (including phenoxy) is 2. The van der Waals surface area contributed by atoms with Crippen molar-refractivity contribution in [2.24, 2.45) is 0 Å². The van der Waals surface area contributed by atoms with E-state index in [1.165, 1.54) is 20.8 Å². The summed E-state index contributed by atoms with van der Waals surface area (Å²) in [4.78, 5) is 35.7. The van der Waals surface area contributed by atoms with Crippen LogP contribution in [0.25, 0.3) is 0 Å². The summed E-state index contributed by atoms with van der Waals surface area (Å²) in [6, 6.07) is 16.4. The summed E-state index contributed by atoms with van der Waals surface area (Å²) in [6.07, 6.45) is 0.583. The van der Waals surface area contributed by atoms with Crippen LogP contribution in [-0.2, 0) is 30.3 Å². The molecule has 7 nitrogen and oxygen atoms in total. The highest BCUT2D eigenvalue weighted by Crippen LogP contribution is 2.27. The van der Waals surface area contributed by atoms with Crippen molar-refractivity contribution in [2.45, 2.75) is 51.7 Å². The van der Waals surface area contributed by atoms with Crippen LogP contribution in [0.3, 0.4) is 0 Å². The van der Waals surface area contributed by atoms with Crippen LogP contribution in [0.5, 0.6) is 0 Å². The first-order chi connectivity index (χ1) is 15.5. The lowest BCUT2D eigenvalue weighted by atomic mass is 9.85. The van der Waals surface area contributed by atoms with Gasteiger partial charge in [-0.2, -0.15) is 5.26 Å². The normalized spacial score (nSPS) is 12.7. The minimum absolute atomic E-state index is 0.170. The first-order valence-corrected chi connectivity index (χ1v) is 10.8. The van der Waals surface area contributed by atoms with Crippen molar-refractivity contribution in [3.05, 3.63) is 70.2 Å². The summed E-state index contributed by atoms with van der Waals surface area (Å²) in [7, 11) is 0. The smallest absolute Gasteiger partial charge is 0.345 e. The number of halogens is 1. The molecule has 0 aliphatic carbocycles. The molecule has 2 atom stereocenters. The minimum atomic E-state index is -1.48. The molecule has 0 saturated carbocycles. The summed E-state index contributed by atoms with van der Waals surface area (Å²) < 4.78 is 9.84. The molecule has 2 aromatic rings. The number of amides is 1. The van der Waals surface area contributed by atoms with Crippen molar-refractivity contribution in [2.75, 3.05) is 6.61 Å². The summed E-state index contributed by atoms with van der Waals surface area (Å²) in [6.45, 7) is 5.39. The van der Waals surface area contributed by atoms with Crippen molar-refractivity contribution < 1.29 is 23.9 Å². The van der Waals surface area contributed by atoms with Crippen molar-refractivity contribution in [1.82, 2.24) is 5.32 Å². The molecule has 0 fully saturated rings. The summed E-state index contributed by atoms with van der Waals surface area (Å²) in [5.74, 6) is -2.11. The Bertz CT molecular complexity index is 1040. The summed E-state index contributed by atoms with van der Waals surface area (Å²) >= 11 is 6.01. The van der Waals surface area contributed by atoms with E-state index in [0.717, 1.165) is 11.1 Å². The zero-order chi connectivity index (χ0) is 24.6. The van der Waals surface area contributed by atoms with E-state index in [4.69, 9.17) is 16.3 Å². The molecule has 1 amide bonds. The molecule has 2 rings (SSSR count). The molecule has 33 heavy (non-hydrogen) atoms. The molecule has 2 aromatic carbocycles. The monoisotopic (exact) mass is 470 g/mol. The number of esters is 2. The molecular weight excluding hydrogens is 444 g/mol. The average molecular weight is 471 g/mol. The fraction of sp³-hybridized carbons (Fsp3) is 0.360. The largest absolute Gasteiger partial charge is 0.454 e. The lowest BCUT2D eigenvalue weighted by Crippen LogP contribution is -2.50. The molecule has 0 saturated heterocycles. The number of hydrogen-bond acceptors (Lipinski definition) is 6. The fourth-order valence-electron chi connectivity index (χ4n) is 3.30. The maximum Gasteiger partial charge on any atom is 0.345 e. The van der Waals surface area contributed by atoms with Crippen LogP contribution < -0.4 is 5.32 Å². The topological polar surface area (TPSA) is 105 Å². The molecule has 0 aliphatic heterocycles. The Morgan fingerprint density at radius 3 is 2.42 bits per heavy atom. The van der Waals surface area contributed by atoms with Crippen molar-refractivity contribution in [1.29, 1.82) is 5.26 Å². The van der Waals surface area contributed by atoms with E-state index in [0.29, 0.717) is 17.0 Å². The number of nitrogens with zero attached hydrogens (tertiary/aromatic N) is 1. The SMILES string of the molecule is CC(=O)OCC(=O)OC(C)(C)C(=O)N[C@@H](C)[C@@H](Cc1ccc(Cl)cc1)c1cccc(C#N)c1. The number of rotatable bonds is 9. The van der Waals surface area contributed by atoms with Crippen molar-refractivity contribution in [3.8, 4) is 6.07 Å². The lowest BCUT2D eigenvalue weighted by molar-refractivity contribution is -0.171. The van der Waals surface area contributed by atoms with Gasteiger partial charge in [-0.3, -0.25) is 9.59 Å². The second-order valence-electron chi connectivity index (χ2n) is 8.20. The van der Waals surface area contributed by atoms with E-state index in [-0.39, 0.29) is 12.0 Å². The lowest BCUT2D eigenvalue weighted by Gasteiger charge is -2.30. The molecular formula is C25H27ClN2O5. The van der Waals surface area contributed by atoms with Crippen LogP contribution >= 0.6 is 11.6 Å². The van der Waals surface area contributed by atoms with Crippen LogP contribution in [0, 0.1) is 11.3 Å². The van der Waals surface area contributed by atoms with Crippen LogP contribution in [0.4, 0.5) is 0 Å². The first kappa shape index (κ1) is 25.9. The highest BCUT2D eigenvalue weighted by molar-refractivity contribution is 6.30. The quantitative estimate of drug-likeness (QED) is 0.556. The zero-order valence-electron chi connectivity index (χ0n) is 19.1. The number of carbonyl (C=O) groups is 3. The number of benzene rings is 2. The van der Waals surface area contributed by atoms with Gasteiger partial charge in [-0.1, -0.05) is 35.9 Å². The molecule has 0 spiro atoms. The van der Waals surface area contributed by atoms with Crippen molar-refractivity contribution >= 4 is 29.4 Å². The van der Waals surface area contributed by atoms with Gasteiger partial charge in [-0.05, 0) is 62.6 Å². The maximum atomic E-state index is 12.9. The van der Waals surface area contributed by atoms with Gasteiger partial charge in [0.25, 0.3) is 5.91 Å². The van der Waals surface area contributed by atoms with Gasteiger partial charge in [-0.15, -0.1) is 0 Å². The summed E-state index contributed by atoms with van der Waals surface area (Å²) in [5.41, 5.74) is 0.943. The van der Waals surface area contributed by atoms with Crippen LogP contribution in [-0.4, -0.2) is 36.1 Å². The van der Waals surface area contributed by atoms with Gasteiger partial charge < -0.3 is 14.8 Å². The zero-order valence-corrected chi connectivity index (χ0v) is 19.8. The third kappa shape index (κ3) is 7.92. The molecule has 0 bridgehead atoms. The van der Waals surface area contributed by atoms with Gasteiger partial charge in [0.2, 0.25) is 0 Å². The Hall–Kier alpha value is -3.37. The van der Waals surface area contributed by atoms with E-state index in [1.807, 2.05) is 25.1 Å². The Kier molecular flexibility index (Phi) is 9.01. The molecule has 0 radical (unpaired) electrons. The third-order valence-corrected chi connectivity index (χ3v) is 5.34. The Balaban J connectivity index is 2.20. The number of hydrogen-bond donors (Lipinski definition) is 1. The van der Waals surface area contributed by atoms with Gasteiger partial charge in [0.1, 0.15) is 0 Å². The molecule has 1 N–H and O–H groups in total. The van der Waals surface area contributed by atoms with Gasteiger partial charge in [0.15, 0.2) is 12.2 Å². The van der Waals surface area contributed by atoms with Gasteiger partial charge >= 0.3 is 11.9 Å². The van der Waals surface area contributed by atoms with Crippen molar-refractivity contribution in [3.63, 3.8) is 0 Å². The average Bonchev–Trinajstić information content (AvgIpc) is 2.76. The Morgan fingerprint density at radius 1 is 1.15 bits per heavy atom. The molecule has 0 aliphatic rings. The molecule has 174 valence electrons. The first-order valence-electron chi connectivity index (χ1n) is 10.4. The van der Waals surface area contributed by atoms with E-state index in [2.05, 4.69) is 16.1 Å². The second kappa shape index (κ2) is 11.5. The number of nitrogens with one attached hydrogen (secondary N) is 1. The number of carbonyl (C=O) groups excluding carboxylic acids is 3. The molecule has 0 heterocycles. The standard InChI is InChI=1S/C25H27ClN2O5/c1-16(28-24(31)25(3,4)33-23(30)15-32-17(2)29)22(13-18-8-10-21(26)11-9-18)20-7-5-6-19(12-20)14-27/h5-12,16,22H,13,15H2,1-4H3,(H,28,31)/t16-,22+/m0/s1. The molecule has 8 heteroatoms. The minimum Gasteiger partial charge on any atom is -0.454 e. The fourth-order valence-corrected chi connectivity index (χ4v) is 3.42. The predicted molar refractivity (Wildman–Crippen MR) is 123 cm³/mol.